The summed E-state index contributed by atoms with van der Waals surface area (Å²) in [6.45, 7) is 11.0. The van der Waals surface area contributed by atoms with Gasteiger partial charge in [0.25, 0.3) is 5.92 Å². The van der Waals surface area contributed by atoms with Gasteiger partial charge in [0.15, 0.2) is 0 Å². The molecule has 5 nitrogen and oxygen atoms in total. The molecular formula is C21H23F2N3O2. The molecule has 1 aliphatic heterocycles. The number of ether oxygens (including phenoxy) is 1. The Hall–Kier alpha value is -3.09. The molecule has 1 aromatic rings. The number of allylic oxidation sites excluding steroid dienone is 2. The summed E-state index contributed by atoms with van der Waals surface area (Å²) < 4.78 is 32.3. The largest absolute Gasteiger partial charge is 0.454 e. The number of amides is 1. The standard InChI is InChI=1S/C21H23F2N3O2/c1-5-11-24-20(16-9-12-26(13-10-16)19(27)6-2)15(3)28-17-7-8-18(25-14-17)21(4,22)23/h5-9,11,14H,2-3,10,12-13H2,1,4H3/b11-5-,24-20?. The molecule has 0 bridgehead atoms. The summed E-state index contributed by atoms with van der Waals surface area (Å²) in [5.41, 5.74) is 1.09. The van der Waals surface area contributed by atoms with E-state index >= 15 is 0 Å². The predicted molar refractivity (Wildman–Crippen MR) is 105 cm³/mol. The number of aliphatic imine (C=N–C) groups is 1. The Morgan fingerprint density at radius 2 is 2.18 bits per heavy atom. The van der Waals surface area contributed by atoms with Crippen LogP contribution in [0.4, 0.5) is 8.78 Å². The molecule has 0 radical (unpaired) electrons. The van der Waals surface area contributed by atoms with Crippen molar-refractivity contribution in [2.75, 3.05) is 13.1 Å². The van der Waals surface area contributed by atoms with Gasteiger partial charge in [-0.2, -0.15) is 8.78 Å². The molecule has 0 saturated heterocycles. The molecule has 2 rings (SSSR count). The van der Waals surface area contributed by atoms with E-state index in [9.17, 15) is 13.6 Å². The highest BCUT2D eigenvalue weighted by Gasteiger charge is 2.26. The number of aromatic nitrogens is 1. The van der Waals surface area contributed by atoms with Crippen molar-refractivity contribution in [3.8, 4) is 5.75 Å². The van der Waals surface area contributed by atoms with E-state index in [0.717, 1.165) is 12.5 Å². The molecule has 148 valence electrons. The topological polar surface area (TPSA) is 54.8 Å². The van der Waals surface area contributed by atoms with E-state index < -0.39 is 5.92 Å². The molecule has 0 unspecified atom stereocenters. The molecule has 0 aliphatic carbocycles. The fraction of sp³-hybridized carbons (Fsp3) is 0.286. The summed E-state index contributed by atoms with van der Waals surface area (Å²) in [5, 5.41) is 0. The highest BCUT2D eigenvalue weighted by atomic mass is 19.3. The lowest BCUT2D eigenvalue weighted by Crippen LogP contribution is -2.34. The molecule has 28 heavy (non-hydrogen) atoms. The van der Waals surface area contributed by atoms with Crippen molar-refractivity contribution in [2.24, 2.45) is 4.99 Å². The van der Waals surface area contributed by atoms with E-state index in [-0.39, 0.29) is 23.1 Å². The van der Waals surface area contributed by atoms with Gasteiger partial charge >= 0.3 is 0 Å². The minimum atomic E-state index is -3.02. The van der Waals surface area contributed by atoms with Crippen molar-refractivity contribution < 1.29 is 18.3 Å². The van der Waals surface area contributed by atoms with Crippen LogP contribution in [0.25, 0.3) is 0 Å². The third-order valence-corrected chi connectivity index (χ3v) is 4.04. The molecule has 1 aliphatic rings. The zero-order valence-electron chi connectivity index (χ0n) is 16.0. The average Bonchev–Trinajstić information content (AvgIpc) is 2.68. The van der Waals surface area contributed by atoms with Crippen LogP contribution >= 0.6 is 0 Å². The summed E-state index contributed by atoms with van der Waals surface area (Å²) in [5.74, 6) is -2.59. The molecule has 2 heterocycles. The number of rotatable bonds is 7. The number of hydrogen-bond acceptors (Lipinski definition) is 4. The average molecular weight is 387 g/mol. The smallest absolute Gasteiger partial charge is 0.286 e. The van der Waals surface area contributed by atoms with Crippen molar-refractivity contribution >= 4 is 11.6 Å². The zero-order chi connectivity index (χ0) is 20.7. The molecule has 1 aromatic heterocycles. The van der Waals surface area contributed by atoms with Crippen LogP contribution in [-0.2, 0) is 10.7 Å². The number of nitrogens with zero attached hydrogens (tertiary/aromatic N) is 3. The lowest BCUT2D eigenvalue weighted by Gasteiger charge is -2.26. The molecule has 7 heteroatoms. The Balaban J connectivity index is 2.17. The molecule has 1 amide bonds. The van der Waals surface area contributed by atoms with Gasteiger partial charge in [-0.15, -0.1) is 0 Å². The maximum atomic E-state index is 13.3. The van der Waals surface area contributed by atoms with Gasteiger partial charge in [0.2, 0.25) is 5.91 Å². The van der Waals surface area contributed by atoms with E-state index in [1.54, 1.807) is 17.2 Å². The molecule has 0 fully saturated rings. The van der Waals surface area contributed by atoms with Crippen molar-refractivity contribution in [3.05, 3.63) is 72.9 Å². The van der Waals surface area contributed by atoms with Crippen molar-refractivity contribution in [3.63, 3.8) is 0 Å². The second-order valence-corrected chi connectivity index (χ2v) is 6.22. The first-order valence-electron chi connectivity index (χ1n) is 8.77. The van der Waals surface area contributed by atoms with E-state index in [2.05, 4.69) is 23.1 Å². The fourth-order valence-electron chi connectivity index (χ4n) is 2.59. The first kappa shape index (κ1) is 21.2. The van der Waals surface area contributed by atoms with E-state index in [0.29, 0.717) is 25.2 Å². The SMILES string of the molecule is C=CC(=O)N1CC=C(C(=N/C=C\C)C(=C)Oc2ccc(C(C)(F)F)nc2)CC1. The highest BCUT2D eigenvalue weighted by molar-refractivity contribution is 6.11. The monoisotopic (exact) mass is 387 g/mol. The first-order valence-corrected chi connectivity index (χ1v) is 8.77. The van der Waals surface area contributed by atoms with E-state index in [4.69, 9.17) is 4.74 Å². The quantitative estimate of drug-likeness (QED) is 0.396. The lowest BCUT2D eigenvalue weighted by molar-refractivity contribution is -0.125. The minimum absolute atomic E-state index is 0.129. The lowest BCUT2D eigenvalue weighted by atomic mass is 10.0. The van der Waals surface area contributed by atoms with Gasteiger partial charge in [-0.25, -0.2) is 0 Å². The van der Waals surface area contributed by atoms with Crippen molar-refractivity contribution in [1.82, 2.24) is 9.88 Å². The number of carbonyl (C=O) groups is 1. The third kappa shape index (κ3) is 5.45. The summed E-state index contributed by atoms with van der Waals surface area (Å²) in [6, 6.07) is 2.63. The van der Waals surface area contributed by atoms with Gasteiger partial charge in [-0.05, 0) is 37.1 Å². The van der Waals surface area contributed by atoms with Gasteiger partial charge in [-0.1, -0.05) is 25.3 Å². The summed E-state index contributed by atoms with van der Waals surface area (Å²) in [7, 11) is 0. The molecule has 0 atom stereocenters. The van der Waals surface area contributed by atoms with Crippen LogP contribution in [0.5, 0.6) is 5.75 Å². The summed E-state index contributed by atoms with van der Waals surface area (Å²) in [4.78, 5) is 21.5. The van der Waals surface area contributed by atoms with Crippen LogP contribution in [0.15, 0.2) is 72.2 Å². The first-order chi connectivity index (χ1) is 13.3. The van der Waals surface area contributed by atoms with Gasteiger partial charge < -0.3 is 9.64 Å². The van der Waals surface area contributed by atoms with Gasteiger partial charge in [0.1, 0.15) is 22.9 Å². The van der Waals surface area contributed by atoms with Crippen LogP contribution in [-0.4, -0.2) is 34.6 Å². The number of halogens is 2. The summed E-state index contributed by atoms with van der Waals surface area (Å²) in [6.07, 6.45) is 8.37. The molecule has 0 spiro atoms. The second-order valence-electron chi connectivity index (χ2n) is 6.22. The Morgan fingerprint density at radius 1 is 1.43 bits per heavy atom. The van der Waals surface area contributed by atoms with Gasteiger partial charge in [0, 0.05) is 26.2 Å². The van der Waals surface area contributed by atoms with E-state index in [1.807, 2.05) is 13.0 Å². The van der Waals surface area contributed by atoms with Crippen molar-refractivity contribution in [1.29, 1.82) is 0 Å². The maximum absolute atomic E-state index is 13.3. The Bertz CT molecular complexity index is 834. The Labute approximate surface area is 163 Å². The fourth-order valence-corrected chi connectivity index (χ4v) is 2.59. The number of hydrogen-bond donors (Lipinski definition) is 0. The minimum Gasteiger partial charge on any atom is -0.454 e. The van der Waals surface area contributed by atoms with Gasteiger partial charge in [0.05, 0.1) is 6.20 Å². The van der Waals surface area contributed by atoms with Crippen LogP contribution in [0.1, 0.15) is 26.0 Å². The molecule has 0 aromatic carbocycles. The molecule has 0 saturated carbocycles. The van der Waals surface area contributed by atoms with Crippen LogP contribution in [0, 0.1) is 0 Å². The number of pyridine rings is 1. The number of alkyl halides is 2. The Morgan fingerprint density at radius 3 is 2.68 bits per heavy atom. The third-order valence-electron chi connectivity index (χ3n) is 4.04. The van der Waals surface area contributed by atoms with E-state index in [1.165, 1.54) is 24.4 Å². The van der Waals surface area contributed by atoms with Crippen LogP contribution < -0.4 is 4.74 Å². The number of carbonyl (C=O) groups excluding carboxylic acids is 1. The normalized spacial score (nSPS) is 15.4. The van der Waals surface area contributed by atoms with Crippen LogP contribution in [0.3, 0.4) is 0 Å². The van der Waals surface area contributed by atoms with Gasteiger partial charge in [-0.3, -0.25) is 14.8 Å². The second kappa shape index (κ2) is 9.21. The molecular weight excluding hydrogens is 364 g/mol. The van der Waals surface area contributed by atoms with Crippen LogP contribution in [0.2, 0.25) is 0 Å². The highest BCUT2D eigenvalue weighted by Crippen LogP contribution is 2.27. The summed E-state index contributed by atoms with van der Waals surface area (Å²) >= 11 is 0. The maximum Gasteiger partial charge on any atom is 0.286 e. The predicted octanol–water partition coefficient (Wildman–Crippen LogP) is 4.41. The van der Waals surface area contributed by atoms with Crippen molar-refractivity contribution in [2.45, 2.75) is 26.2 Å². The molecule has 0 N–H and O–H groups in total. The zero-order valence-corrected chi connectivity index (χ0v) is 16.0. The Kier molecular flexibility index (Phi) is 6.98.